The summed E-state index contributed by atoms with van der Waals surface area (Å²) < 4.78 is 10.8. The van der Waals surface area contributed by atoms with Crippen LogP contribution >= 0.6 is 0 Å². The summed E-state index contributed by atoms with van der Waals surface area (Å²) in [4.78, 5) is 38.2. The lowest BCUT2D eigenvalue weighted by Gasteiger charge is -2.18. The third kappa shape index (κ3) is 6.11. The molecule has 0 saturated heterocycles. The molecule has 0 saturated carbocycles. The number of nitrogens with two attached hydrogens (primary N) is 1. The smallest absolute Gasteiger partial charge is 0.333 e. The maximum atomic E-state index is 13.1. The van der Waals surface area contributed by atoms with Crippen LogP contribution in [0.4, 0.5) is 17.6 Å². The third-order valence-corrected chi connectivity index (χ3v) is 5.08. The highest BCUT2D eigenvalue weighted by atomic mass is 16.5. The predicted octanol–water partition coefficient (Wildman–Crippen LogP) is 3.42. The van der Waals surface area contributed by atoms with E-state index in [2.05, 4.69) is 25.6 Å². The van der Waals surface area contributed by atoms with Gasteiger partial charge in [-0.05, 0) is 29.8 Å². The molecule has 36 heavy (non-hydrogen) atoms. The molecule has 1 amide bonds. The zero-order valence-corrected chi connectivity index (χ0v) is 19.4. The first kappa shape index (κ1) is 24.1. The second kappa shape index (κ2) is 11.4. The van der Waals surface area contributed by atoms with Gasteiger partial charge in [-0.2, -0.15) is 15.0 Å². The van der Waals surface area contributed by atoms with Gasteiger partial charge in [-0.3, -0.25) is 4.79 Å². The molecule has 182 valence electrons. The van der Waals surface area contributed by atoms with E-state index >= 15 is 0 Å². The highest BCUT2D eigenvalue weighted by Gasteiger charge is 2.25. The lowest BCUT2D eigenvalue weighted by atomic mass is 10.1. The Kier molecular flexibility index (Phi) is 7.66. The Morgan fingerprint density at radius 1 is 0.889 bits per heavy atom. The molecule has 1 unspecified atom stereocenters. The van der Waals surface area contributed by atoms with E-state index in [1.807, 2.05) is 18.2 Å². The van der Waals surface area contributed by atoms with Crippen LogP contribution in [0.15, 0.2) is 84.9 Å². The number of carbonyl (C=O) groups is 2. The van der Waals surface area contributed by atoms with Crippen LogP contribution in [0.3, 0.4) is 0 Å². The third-order valence-electron chi connectivity index (χ3n) is 5.08. The van der Waals surface area contributed by atoms with Crippen LogP contribution in [-0.4, -0.2) is 33.9 Å². The summed E-state index contributed by atoms with van der Waals surface area (Å²) in [5, 5.41) is 5.76. The van der Waals surface area contributed by atoms with Gasteiger partial charge in [-0.25, -0.2) is 4.79 Å². The molecule has 1 heterocycles. The average molecular weight is 485 g/mol. The van der Waals surface area contributed by atoms with Crippen molar-refractivity contribution < 1.29 is 19.1 Å². The molecular weight excluding hydrogens is 460 g/mol. The number of hydrogen-bond acceptors (Lipinski definition) is 9. The number of esters is 1. The molecule has 10 heteroatoms. The molecule has 4 rings (SSSR count). The van der Waals surface area contributed by atoms with Crippen molar-refractivity contribution in [1.82, 2.24) is 20.3 Å². The number of para-hydroxylation sites is 2. The quantitative estimate of drug-likeness (QED) is 0.305. The number of hydrogen-bond donors (Lipinski definition) is 3. The first-order valence-corrected chi connectivity index (χ1v) is 11.0. The SMILES string of the molecule is COc1ccccc1Nc1nc(N)nc(COC(=O)C(NC(=O)c2ccccc2)c2ccccc2)n1. The molecule has 0 aliphatic rings. The number of carbonyl (C=O) groups excluding carboxylic acids is 2. The minimum absolute atomic E-state index is 0.0505. The highest BCUT2D eigenvalue weighted by Crippen LogP contribution is 2.25. The van der Waals surface area contributed by atoms with E-state index in [0.29, 0.717) is 22.6 Å². The van der Waals surface area contributed by atoms with Gasteiger partial charge in [0.2, 0.25) is 11.9 Å². The highest BCUT2D eigenvalue weighted by molar-refractivity contribution is 5.97. The Bertz CT molecular complexity index is 1330. The van der Waals surface area contributed by atoms with E-state index < -0.39 is 17.9 Å². The molecule has 0 radical (unpaired) electrons. The van der Waals surface area contributed by atoms with Gasteiger partial charge in [0.15, 0.2) is 18.5 Å². The normalized spacial score (nSPS) is 11.2. The van der Waals surface area contributed by atoms with Crippen LogP contribution < -0.4 is 21.1 Å². The van der Waals surface area contributed by atoms with Crippen molar-refractivity contribution >= 4 is 29.5 Å². The Balaban J connectivity index is 1.49. The zero-order valence-electron chi connectivity index (χ0n) is 19.4. The minimum Gasteiger partial charge on any atom is -0.495 e. The summed E-state index contributed by atoms with van der Waals surface area (Å²) in [6.45, 7) is -0.281. The van der Waals surface area contributed by atoms with Gasteiger partial charge in [-0.1, -0.05) is 60.7 Å². The van der Waals surface area contributed by atoms with Gasteiger partial charge >= 0.3 is 5.97 Å². The van der Waals surface area contributed by atoms with Crippen molar-refractivity contribution in [2.24, 2.45) is 0 Å². The van der Waals surface area contributed by atoms with Gasteiger partial charge in [0.05, 0.1) is 12.8 Å². The molecule has 10 nitrogen and oxygen atoms in total. The maximum absolute atomic E-state index is 13.1. The van der Waals surface area contributed by atoms with Crippen molar-refractivity contribution in [3.05, 3.63) is 102 Å². The van der Waals surface area contributed by atoms with Gasteiger partial charge in [-0.15, -0.1) is 0 Å². The van der Waals surface area contributed by atoms with E-state index in [-0.39, 0.29) is 24.3 Å². The van der Waals surface area contributed by atoms with Crippen molar-refractivity contribution in [3.63, 3.8) is 0 Å². The second-order valence-electron chi connectivity index (χ2n) is 7.55. The number of nitrogen functional groups attached to an aromatic ring is 1. The number of ether oxygens (including phenoxy) is 2. The predicted molar refractivity (Wildman–Crippen MR) is 133 cm³/mol. The van der Waals surface area contributed by atoms with Gasteiger partial charge in [0.1, 0.15) is 5.75 Å². The number of nitrogens with one attached hydrogen (secondary N) is 2. The van der Waals surface area contributed by atoms with Crippen molar-refractivity contribution in [3.8, 4) is 5.75 Å². The molecule has 4 N–H and O–H groups in total. The molecule has 0 bridgehead atoms. The Morgan fingerprint density at radius 3 is 2.28 bits per heavy atom. The van der Waals surface area contributed by atoms with E-state index in [4.69, 9.17) is 15.2 Å². The minimum atomic E-state index is -1.04. The van der Waals surface area contributed by atoms with E-state index in [9.17, 15) is 9.59 Å². The van der Waals surface area contributed by atoms with Gasteiger partial charge in [0.25, 0.3) is 5.91 Å². The molecule has 0 aliphatic carbocycles. The topological polar surface area (TPSA) is 141 Å². The first-order chi connectivity index (χ1) is 17.5. The molecule has 1 aromatic heterocycles. The average Bonchev–Trinajstić information content (AvgIpc) is 2.91. The van der Waals surface area contributed by atoms with Crippen LogP contribution in [0.25, 0.3) is 0 Å². The molecule has 0 aliphatic heterocycles. The summed E-state index contributed by atoms with van der Waals surface area (Å²) in [6, 6.07) is 23.6. The summed E-state index contributed by atoms with van der Waals surface area (Å²) in [7, 11) is 1.55. The van der Waals surface area contributed by atoms with Gasteiger partial charge < -0.3 is 25.8 Å². The van der Waals surface area contributed by atoms with Crippen LogP contribution in [-0.2, 0) is 16.1 Å². The fourth-order valence-electron chi connectivity index (χ4n) is 3.37. The van der Waals surface area contributed by atoms with E-state index in [0.717, 1.165) is 0 Å². The standard InChI is InChI=1S/C26H24N6O4/c1-35-20-15-9-8-14-19(20)28-26-30-21(29-25(27)32-26)16-36-24(34)22(17-10-4-2-5-11-17)31-23(33)18-12-6-3-7-13-18/h2-15,22H,16H2,1H3,(H,31,33)(H3,27,28,29,30,32). The summed E-state index contributed by atoms with van der Waals surface area (Å²) in [5.41, 5.74) is 7.46. The van der Waals surface area contributed by atoms with Gasteiger partial charge in [0, 0.05) is 5.56 Å². The number of amides is 1. The van der Waals surface area contributed by atoms with Crippen LogP contribution in [0, 0.1) is 0 Å². The monoisotopic (exact) mass is 484 g/mol. The number of nitrogens with zero attached hydrogens (tertiary/aromatic N) is 3. The number of benzene rings is 3. The molecule has 0 fully saturated rings. The molecule has 4 aromatic rings. The van der Waals surface area contributed by atoms with Crippen molar-refractivity contribution in [2.45, 2.75) is 12.6 Å². The van der Waals surface area contributed by atoms with Crippen LogP contribution in [0.2, 0.25) is 0 Å². The number of aromatic nitrogens is 3. The fourth-order valence-corrected chi connectivity index (χ4v) is 3.37. The maximum Gasteiger partial charge on any atom is 0.333 e. The van der Waals surface area contributed by atoms with Crippen LogP contribution in [0.1, 0.15) is 27.8 Å². The number of anilines is 3. The first-order valence-electron chi connectivity index (χ1n) is 11.0. The lowest BCUT2D eigenvalue weighted by molar-refractivity contribution is -0.147. The molecule has 3 aromatic carbocycles. The summed E-state index contributed by atoms with van der Waals surface area (Å²) >= 11 is 0. The molecule has 0 spiro atoms. The molecular formula is C26H24N6O4. The van der Waals surface area contributed by atoms with Crippen LogP contribution in [0.5, 0.6) is 5.75 Å². The summed E-state index contributed by atoms with van der Waals surface area (Å²) in [6.07, 6.45) is 0. The molecule has 1 atom stereocenters. The number of rotatable bonds is 9. The van der Waals surface area contributed by atoms with E-state index in [1.165, 1.54) is 0 Å². The number of methoxy groups -OCH3 is 1. The fraction of sp³-hybridized carbons (Fsp3) is 0.115. The summed E-state index contributed by atoms with van der Waals surface area (Å²) in [5.74, 6) is -0.253. The zero-order chi connectivity index (χ0) is 25.3. The van der Waals surface area contributed by atoms with Crippen molar-refractivity contribution in [1.29, 1.82) is 0 Å². The largest absolute Gasteiger partial charge is 0.495 e. The van der Waals surface area contributed by atoms with Crippen molar-refractivity contribution in [2.75, 3.05) is 18.2 Å². The Hall–Kier alpha value is -4.99. The Morgan fingerprint density at radius 2 is 1.56 bits per heavy atom. The van der Waals surface area contributed by atoms with E-state index in [1.54, 1.807) is 73.8 Å². The lowest BCUT2D eigenvalue weighted by Crippen LogP contribution is -2.35. The second-order valence-corrected chi connectivity index (χ2v) is 7.55. The Labute approximate surface area is 207 Å².